The molecular formula is C21H33N5O2. The molecule has 0 aliphatic carbocycles. The molecule has 1 aromatic heterocycles. The number of methoxy groups -OCH3 is 1. The molecule has 3 rings (SSSR count). The summed E-state index contributed by atoms with van der Waals surface area (Å²) in [4.78, 5) is 4.59. The summed E-state index contributed by atoms with van der Waals surface area (Å²) in [5, 5.41) is 8.45. The highest BCUT2D eigenvalue weighted by Gasteiger charge is 2.22. The SMILES string of the molecule is COc1ccc(C(CN(C)C)NCc2c(C)nn(C)c2N2CCOCC2)cc1. The van der Waals surface area contributed by atoms with Crippen molar-refractivity contribution in [1.29, 1.82) is 0 Å². The van der Waals surface area contributed by atoms with Gasteiger partial charge >= 0.3 is 0 Å². The van der Waals surface area contributed by atoms with E-state index >= 15 is 0 Å². The van der Waals surface area contributed by atoms with E-state index in [1.807, 2.05) is 23.9 Å². The molecule has 0 radical (unpaired) electrons. The minimum absolute atomic E-state index is 0.220. The molecule has 1 atom stereocenters. The van der Waals surface area contributed by atoms with Crippen LogP contribution in [0.15, 0.2) is 24.3 Å². The molecule has 0 bridgehead atoms. The maximum Gasteiger partial charge on any atom is 0.131 e. The zero-order valence-electron chi connectivity index (χ0n) is 17.7. The number of ether oxygens (including phenoxy) is 2. The van der Waals surface area contributed by atoms with Crippen molar-refractivity contribution in [2.24, 2.45) is 7.05 Å². The third-order valence-corrected chi connectivity index (χ3v) is 5.21. The van der Waals surface area contributed by atoms with Gasteiger partial charge in [-0.05, 0) is 38.7 Å². The molecule has 0 saturated carbocycles. The second-order valence-electron chi connectivity index (χ2n) is 7.58. The van der Waals surface area contributed by atoms with Gasteiger partial charge in [0.2, 0.25) is 0 Å². The Balaban J connectivity index is 1.79. The van der Waals surface area contributed by atoms with E-state index in [-0.39, 0.29) is 6.04 Å². The standard InChI is InChI=1S/C21H33N5O2/c1-16-19(21(25(4)23-16)26-10-12-28-13-11-26)14-22-20(15-24(2)3)17-6-8-18(27-5)9-7-17/h6-9,20,22H,10-15H2,1-5H3. The van der Waals surface area contributed by atoms with Crippen LogP contribution in [-0.2, 0) is 18.3 Å². The maximum absolute atomic E-state index is 5.52. The fraction of sp³-hybridized carbons (Fsp3) is 0.571. The minimum Gasteiger partial charge on any atom is -0.497 e. The number of anilines is 1. The Hall–Kier alpha value is -2.09. The lowest BCUT2D eigenvalue weighted by atomic mass is 10.1. The monoisotopic (exact) mass is 387 g/mol. The average Bonchev–Trinajstić information content (AvgIpc) is 2.98. The largest absolute Gasteiger partial charge is 0.497 e. The zero-order chi connectivity index (χ0) is 20.1. The van der Waals surface area contributed by atoms with Crippen LogP contribution in [0.1, 0.15) is 22.9 Å². The first kappa shape index (κ1) is 20.6. The molecule has 28 heavy (non-hydrogen) atoms. The van der Waals surface area contributed by atoms with Gasteiger partial charge in [0.1, 0.15) is 11.6 Å². The van der Waals surface area contributed by atoms with Crippen LogP contribution in [0.3, 0.4) is 0 Å². The van der Waals surface area contributed by atoms with E-state index in [1.165, 1.54) is 16.9 Å². The molecule has 7 heteroatoms. The fourth-order valence-electron chi connectivity index (χ4n) is 3.78. The summed E-state index contributed by atoms with van der Waals surface area (Å²) in [6.07, 6.45) is 0. The van der Waals surface area contributed by atoms with Crippen molar-refractivity contribution in [1.82, 2.24) is 20.0 Å². The van der Waals surface area contributed by atoms with Crippen molar-refractivity contribution in [3.05, 3.63) is 41.1 Å². The van der Waals surface area contributed by atoms with Gasteiger partial charge in [-0.15, -0.1) is 0 Å². The van der Waals surface area contributed by atoms with Gasteiger partial charge in [-0.2, -0.15) is 5.10 Å². The smallest absolute Gasteiger partial charge is 0.131 e. The van der Waals surface area contributed by atoms with Crippen LogP contribution in [0, 0.1) is 6.92 Å². The van der Waals surface area contributed by atoms with Crippen molar-refractivity contribution in [3.8, 4) is 5.75 Å². The number of aromatic nitrogens is 2. The van der Waals surface area contributed by atoms with Crippen LogP contribution in [0.25, 0.3) is 0 Å². The number of nitrogens with one attached hydrogen (secondary N) is 1. The molecule has 7 nitrogen and oxygen atoms in total. The van der Waals surface area contributed by atoms with E-state index in [1.54, 1.807) is 7.11 Å². The first-order valence-corrected chi connectivity index (χ1v) is 9.86. The molecule has 1 fully saturated rings. The lowest BCUT2D eigenvalue weighted by Crippen LogP contribution is -2.38. The van der Waals surface area contributed by atoms with Crippen LogP contribution in [0.4, 0.5) is 5.82 Å². The van der Waals surface area contributed by atoms with Gasteiger partial charge in [0.25, 0.3) is 0 Å². The second kappa shape index (κ2) is 9.41. The summed E-state index contributed by atoms with van der Waals surface area (Å²) >= 11 is 0. The highest BCUT2D eigenvalue weighted by atomic mass is 16.5. The molecule has 1 N–H and O–H groups in total. The summed E-state index contributed by atoms with van der Waals surface area (Å²) in [7, 11) is 7.93. The quantitative estimate of drug-likeness (QED) is 0.747. The van der Waals surface area contributed by atoms with Crippen LogP contribution < -0.4 is 15.0 Å². The molecule has 1 aliphatic heterocycles. The van der Waals surface area contributed by atoms with Gasteiger partial charge in [0.15, 0.2) is 0 Å². The Labute approximate surface area is 168 Å². The van der Waals surface area contributed by atoms with Gasteiger partial charge < -0.3 is 24.6 Å². The number of hydrogen-bond acceptors (Lipinski definition) is 6. The van der Waals surface area contributed by atoms with Crippen molar-refractivity contribution in [2.75, 3.05) is 59.0 Å². The molecule has 1 aliphatic rings. The van der Waals surface area contributed by atoms with Gasteiger partial charge in [0.05, 0.1) is 26.0 Å². The lowest BCUT2D eigenvalue weighted by molar-refractivity contribution is 0.122. The molecule has 1 unspecified atom stereocenters. The molecule has 2 heterocycles. The highest BCUT2D eigenvalue weighted by molar-refractivity contribution is 5.50. The Morgan fingerprint density at radius 3 is 2.50 bits per heavy atom. The van der Waals surface area contributed by atoms with Crippen LogP contribution in [0.5, 0.6) is 5.75 Å². The molecule has 1 saturated heterocycles. The number of aryl methyl sites for hydroxylation is 2. The zero-order valence-corrected chi connectivity index (χ0v) is 17.7. The topological polar surface area (TPSA) is 54.8 Å². The van der Waals surface area contributed by atoms with Crippen LogP contribution >= 0.6 is 0 Å². The summed E-state index contributed by atoms with van der Waals surface area (Å²) < 4.78 is 12.8. The highest BCUT2D eigenvalue weighted by Crippen LogP contribution is 2.26. The second-order valence-corrected chi connectivity index (χ2v) is 7.58. The maximum atomic E-state index is 5.52. The third-order valence-electron chi connectivity index (χ3n) is 5.21. The number of benzene rings is 1. The van der Waals surface area contributed by atoms with Gasteiger partial charge in [-0.25, -0.2) is 0 Å². The first-order chi connectivity index (χ1) is 13.5. The molecule has 2 aromatic rings. The Kier molecular flexibility index (Phi) is 6.93. The Morgan fingerprint density at radius 2 is 1.89 bits per heavy atom. The van der Waals surface area contributed by atoms with E-state index in [4.69, 9.17) is 9.47 Å². The predicted octanol–water partition coefficient (Wildman–Crippen LogP) is 1.97. The number of likely N-dealkylation sites (N-methyl/N-ethyl adjacent to an activating group) is 1. The summed E-state index contributed by atoms with van der Waals surface area (Å²) in [6, 6.07) is 8.54. The Morgan fingerprint density at radius 1 is 1.21 bits per heavy atom. The minimum atomic E-state index is 0.220. The summed E-state index contributed by atoms with van der Waals surface area (Å²) in [6.45, 7) is 7.14. The molecule has 0 amide bonds. The van der Waals surface area contributed by atoms with Crippen LogP contribution in [-0.4, -0.2) is 68.7 Å². The van der Waals surface area contributed by atoms with E-state index in [2.05, 4.69) is 53.4 Å². The van der Waals surface area contributed by atoms with Crippen molar-refractivity contribution >= 4 is 5.82 Å². The van der Waals surface area contributed by atoms with Crippen LogP contribution in [0.2, 0.25) is 0 Å². The normalized spacial score (nSPS) is 15.9. The number of morpholine rings is 1. The summed E-state index contributed by atoms with van der Waals surface area (Å²) in [5.41, 5.74) is 3.60. The van der Waals surface area contributed by atoms with Gasteiger partial charge in [0, 0.05) is 44.8 Å². The lowest BCUT2D eigenvalue weighted by Gasteiger charge is -2.30. The number of hydrogen-bond donors (Lipinski definition) is 1. The van der Waals surface area contributed by atoms with E-state index in [0.717, 1.165) is 50.8 Å². The van der Waals surface area contributed by atoms with E-state index < -0.39 is 0 Å². The third kappa shape index (κ3) is 4.84. The average molecular weight is 388 g/mol. The van der Waals surface area contributed by atoms with Crippen molar-refractivity contribution < 1.29 is 9.47 Å². The molecule has 1 aromatic carbocycles. The van der Waals surface area contributed by atoms with Gasteiger partial charge in [-0.1, -0.05) is 12.1 Å². The van der Waals surface area contributed by atoms with E-state index in [9.17, 15) is 0 Å². The molecule has 154 valence electrons. The van der Waals surface area contributed by atoms with Crippen molar-refractivity contribution in [2.45, 2.75) is 19.5 Å². The number of rotatable bonds is 8. The van der Waals surface area contributed by atoms with E-state index in [0.29, 0.717) is 0 Å². The molecule has 0 spiro atoms. The molecular weight excluding hydrogens is 354 g/mol. The summed E-state index contributed by atoms with van der Waals surface area (Å²) in [5.74, 6) is 2.08. The first-order valence-electron chi connectivity index (χ1n) is 9.86. The fourth-order valence-corrected chi connectivity index (χ4v) is 3.78. The Bertz CT molecular complexity index is 751. The van der Waals surface area contributed by atoms with Crippen molar-refractivity contribution in [3.63, 3.8) is 0 Å². The van der Waals surface area contributed by atoms with Gasteiger partial charge in [-0.3, -0.25) is 4.68 Å². The number of nitrogens with zero attached hydrogens (tertiary/aromatic N) is 4. The predicted molar refractivity (Wildman–Crippen MR) is 112 cm³/mol.